The third-order valence-electron chi connectivity index (χ3n) is 3.72. The summed E-state index contributed by atoms with van der Waals surface area (Å²) in [7, 11) is -5.82. The van der Waals surface area contributed by atoms with Crippen molar-refractivity contribution in [2.24, 2.45) is 11.8 Å². The average Bonchev–Trinajstić information content (AvgIpc) is 2.36. The van der Waals surface area contributed by atoms with Gasteiger partial charge in [-0.15, -0.1) is 0 Å². The number of hydrogen-bond acceptors (Lipinski definition) is 6. The lowest BCUT2D eigenvalue weighted by atomic mass is 9.82. The summed E-state index contributed by atoms with van der Waals surface area (Å²) in [5.74, 6) is -1.70. The lowest BCUT2D eigenvalue weighted by molar-refractivity contribution is -0.256. The van der Waals surface area contributed by atoms with Crippen LogP contribution in [0, 0.1) is 11.8 Å². The first-order chi connectivity index (χ1) is 9.90. The second kappa shape index (κ2) is 6.71. The maximum atomic E-state index is 12.5. The fourth-order valence-corrected chi connectivity index (χ4v) is 2.99. The molecule has 1 aliphatic rings. The Labute approximate surface area is 127 Å². The topological polar surface area (TPSA) is 78.9 Å². The highest BCUT2D eigenvalue weighted by Crippen LogP contribution is 2.37. The van der Waals surface area contributed by atoms with Crippen LogP contribution in [0.5, 0.6) is 0 Å². The molecule has 0 amide bonds. The van der Waals surface area contributed by atoms with Crippen molar-refractivity contribution in [2.75, 3.05) is 0 Å². The minimum Gasteiger partial charge on any atom is -0.433 e. The number of hydrogen-bond donors (Lipinski definition) is 0. The molecular formula is C12H19F3O6S. The lowest BCUT2D eigenvalue weighted by Gasteiger charge is -2.43. The van der Waals surface area contributed by atoms with Crippen molar-refractivity contribution in [3.05, 3.63) is 0 Å². The standard InChI is InChI=1S/C12H19F3O6S/c1-5-9-6(2)7(3)10(11(20-9)19-8(4)16)21-22(17,18)12(13,14)15/h6-7,9-11H,5H2,1-4H3. The number of carbonyl (C=O) groups excluding carboxylic acids is 1. The predicted molar refractivity (Wildman–Crippen MR) is 68.9 cm³/mol. The van der Waals surface area contributed by atoms with E-state index in [1.165, 1.54) is 6.92 Å². The molecule has 0 aromatic rings. The zero-order chi connectivity index (χ0) is 17.3. The van der Waals surface area contributed by atoms with Gasteiger partial charge in [0.25, 0.3) is 0 Å². The van der Waals surface area contributed by atoms with E-state index in [2.05, 4.69) is 4.18 Å². The summed E-state index contributed by atoms with van der Waals surface area (Å²) in [6, 6.07) is 0. The van der Waals surface area contributed by atoms with Crippen LogP contribution in [0.4, 0.5) is 13.2 Å². The monoisotopic (exact) mass is 348 g/mol. The van der Waals surface area contributed by atoms with Crippen molar-refractivity contribution in [1.82, 2.24) is 0 Å². The Hall–Kier alpha value is -0.870. The fourth-order valence-electron chi connectivity index (χ4n) is 2.32. The van der Waals surface area contributed by atoms with Crippen molar-refractivity contribution in [1.29, 1.82) is 0 Å². The molecule has 0 saturated carbocycles. The van der Waals surface area contributed by atoms with E-state index >= 15 is 0 Å². The first-order valence-electron chi connectivity index (χ1n) is 6.73. The molecule has 1 heterocycles. The molecule has 5 atom stereocenters. The molecule has 0 aromatic heterocycles. The molecule has 0 aliphatic carbocycles. The number of alkyl halides is 3. The highest BCUT2D eigenvalue weighted by atomic mass is 32.2. The quantitative estimate of drug-likeness (QED) is 0.440. The Kier molecular flexibility index (Phi) is 5.85. The first kappa shape index (κ1) is 19.2. The highest BCUT2D eigenvalue weighted by Gasteiger charge is 2.53. The Balaban J connectivity index is 3.08. The maximum absolute atomic E-state index is 12.5. The van der Waals surface area contributed by atoms with Crippen LogP contribution in [0.15, 0.2) is 0 Å². The molecule has 1 aliphatic heterocycles. The Morgan fingerprint density at radius 2 is 1.77 bits per heavy atom. The molecule has 0 aromatic carbocycles. The molecule has 5 unspecified atom stereocenters. The van der Waals surface area contributed by atoms with Crippen LogP contribution in [-0.2, 0) is 28.6 Å². The number of esters is 1. The smallest absolute Gasteiger partial charge is 0.433 e. The number of ether oxygens (including phenoxy) is 2. The summed E-state index contributed by atoms with van der Waals surface area (Å²) in [6.07, 6.45) is -2.92. The molecule has 130 valence electrons. The van der Waals surface area contributed by atoms with Crippen LogP contribution in [0.25, 0.3) is 0 Å². The van der Waals surface area contributed by atoms with Gasteiger partial charge in [-0.1, -0.05) is 20.8 Å². The lowest BCUT2D eigenvalue weighted by Crippen LogP contribution is -2.53. The molecule has 1 saturated heterocycles. The van der Waals surface area contributed by atoms with Gasteiger partial charge in [-0.3, -0.25) is 8.98 Å². The number of rotatable bonds is 4. The number of halogens is 3. The van der Waals surface area contributed by atoms with Gasteiger partial charge in [-0.25, -0.2) is 0 Å². The van der Waals surface area contributed by atoms with E-state index in [1.807, 2.05) is 0 Å². The zero-order valence-electron chi connectivity index (χ0n) is 12.6. The van der Waals surface area contributed by atoms with Gasteiger partial charge in [-0.2, -0.15) is 21.6 Å². The van der Waals surface area contributed by atoms with E-state index < -0.39 is 39.9 Å². The summed E-state index contributed by atoms with van der Waals surface area (Å²) in [5.41, 5.74) is -5.56. The summed E-state index contributed by atoms with van der Waals surface area (Å²) >= 11 is 0. The molecule has 0 N–H and O–H groups in total. The van der Waals surface area contributed by atoms with E-state index in [0.29, 0.717) is 6.42 Å². The van der Waals surface area contributed by atoms with Crippen LogP contribution < -0.4 is 0 Å². The van der Waals surface area contributed by atoms with Gasteiger partial charge in [0.1, 0.15) is 6.10 Å². The van der Waals surface area contributed by atoms with E-state index in [1.54, 1.807) is 13.8 Å². The van der Waals surface area contributed by atoms with Gasteiger partial charge in [-0.05, 0) is 18.3 Å². The third-order valence-corrected chi connectivity index (χ3v) is 4.76. The third kappa shape index (κ3) is 4.11. The van der Waals surface area contributed by atoms with Gasteiger partial charge >= 0.3 is 21.6 Å². The highest BCUT2D eigenvalue weighted by molar-refractivity contribution is 7.87. The van der Waals surface area contributed by atoms with Crippen LogP contribution >= 0.6 is 0 Å². The average molecular weight is 348 g/mol. The predicted octanol–water partition coefficient (Wildman–Crippen LogP) is 2.19. The Morgan fingerprint density at radius 3 is 2.18 bits per heavy atom. The van der Waals surface area contributed by atoms with Crippen molar-refractivity contribution in [3.8, 4) is 0 Å². The molecule has 0 radical (unpaired) electrons. The molecule has 22 heavy (non-hydrogen) atoms. The molecule has 1 rings (SSSR count). The van der Waals surface area contributed by atoms with Crippen LogP contribution in [0.3, 0.4) is 0 Å². The summed E-state index contributed by atoms with van der Waals surface area (Å²) in [6.45, 7) is 6.08. The normalized spacial score (nSPS) is 33.5. The van der Waals surface area contributed by atoms with E-state index in [0.717, 1.165) is 6.92 Å². The van der Waals surface area contributed by atoms with Crippen molar-refractivity contribution in [3.63, 3.8) is 0 Å². The van der Waals surface area contributed by atoms with Crippen LogP contribution in [0.2, 0.25) is 0 Å². The second-order valence-electron chi connectivity index (χ2n) is 5.24. The maximum Gasteiger partial charge on any atom is 0.523 e. The largest absolute Gasteiger partial charge is 0.523 e. The molecular weight excluding hydrogens is 329 g/mol. The zero-order valence-corrected chi connectivity index (χ0v) is 13.4. The number of carbonyl (C=O) groups is 1. The molecule has 0 bridgehead atoms. The molecule has 1 fully saturated rings. The van der Waals surface area contributed by atoms with E-state index in [-0.39, 0.29) is 12.0 Å². The van der Waals surface area contributed by atoms with E-state index in [4.69, 9.17) is 9.47 Å². The summed E-state index contributed by atoms with van der Waals surface area (Å²) < 4.78 is 74.3. The Bertz CT molecular complexity index is 503. The minimum atomic E-state index is -5.82. The minimum absolute atomic E-state index is 0.273. The van der Waals surface area contributed by atoms with E-state index in [9.17, 15) is 26.4 Å². The van der Waals surface area contributed by atoms with Crippen molar-refractivity contribution < 1.29 is 40.0 Å². The first-order valence-corrected chi connectivity index (χ1v) is 8.13. The summed E-state index contributed by atoms with van der Waals surface area (Å²) in [4.78, 5) is 11.1. The van der Waals surface area contributed by atoms with Gasteiger partial charge in [0.2, 0.25) is 6.29 Å². The Morgan fingerprint density at radius 1 is 1.23 bits per heavy atom. The molecule has 0 spiro atoms. The van der Waals surface area contributed by atoms with Crippen molar-refractivity contribution >= 4 is 16.1 Å². The second-order valence-corrected chi connectivity index (χ2v) is 6.80. The van der Waals surface area contributed by atoms with Crippen LogP contribution in [-0.4, -0.2) is 38.4 Å². The van der Waals surface area contributed by atoms with Gasteiger partial charge in [0.15, 0.2) is 0 Å². The van der Waals surface area contributed by atoms with Gasteiger partial charge in [0, 0.05) is 6.92 Å². The molecule has 10 heteroatoms. The molecule has 6 nitrogen and oxygen atoms in total. The van der Waals surface area contributed by atoms with Gasteiger partial charge in [0.05, 0.1) is 6.10 Å². The SMILES string of the molecule is CCC1OC(OC(C)=O)C(OS(=O)(=O)C(F)(F)F)C(C)C1C. The van der Waals surface area contributed by atoms with Crippen molar-refractivity contribution in [2.45, 2.75) is 58.1 Å². The van der Waals surface area contributed by atoms with Gasteiger partial charge < -0.3 is 9.47 Å². The summed E-state index contributed by atoms with van der Waals surface area (Å²) in [5, 5.41) is 0. The fraction of sp³-hybridized carbons (Fsp3) is 0.917. The van der Waals surface area contributed by atoms with Crippen LogP contribution in [0.1, 0.15) is 34.1 Å².